The van der Waals surface area contributed by atoms with E-state index in [0.29, 0.717) is 24.3 Å². The van der Waals surface area contributed by atoms with Crippen molar-refractivity contribution in [3.8, 4) is 0 Å². The van der Waals surface area contributed by atoms with Gasteiger partial charge in [-0.2, -0.15) is 0 Å². The van der Waals surface area contributed by atoms with Crippen molar-refractivity contribution in [2.24, 2.45) is 10.9 Å². The molecular formula is C13H20FN3O2. The van der Waals surface area contributed by atoms with E-state index in [0.717, 1.165) is 12.8 Å². The molecule has 4 N–H and O–H groups in total. The number of amidine groups is 1. The van der Waals surface area contributed by atoms with Crippen molar-refractivity contribution in [1.82, 2.24) is 0 Å². The highest BCUT2D eigenvalue weighted by Crippen LogP contribution is 2.22. The zero-order chi connectivity index (χ0) is 14.3. The number of unbranched alkanes of at least 4 members (excludes halogenated alkanes) is 1. The maximum Gasteiger partial charge on any atom is 0.172 e. The van der Waals surface area contributed by atoms with Crippen LogP contribution in [0, 0.1) is 5.82 Å². The van der Waals surface area contributed by atoms with Crippen molar-refractivity contribution in [2.75, 3.05) is 24.6 Å². The molecule has 0 bridgehead atoms. The molecule has 0 atom stereocenters. The Morgan fingerprint density at radius 2 is 2.16 bits per heavy atom. The lowest BCUT2D eigenvalue weighted by Crippen LogP contribution is -2.30. The van der Waals surface area contributed by atoms with Gasteiger partial charge in [0.2, 0.25) is 0 Å². The van der Waals surface area contributed by atoms with Crippen LogP contribution in [0.25, 0.3) is 0 Å². The number of benzene rings is 1. The quantitative estimate of drug-likeness (QED) is 0.303. The molecule has 1 aromatic rings. The Kier molecular flexibility index (Phi) is 6.08. The van der Waals surface area contributed by atoms with E-state index >= 15 is 0 Å². The molecular weight excluding hydrogens is 249 g/mol. The van der Waals surface area contributed by atoms with Crippen molar-refractivity contribution >= 4 is 11.5 Å². The van der Waals surface area contributed by atoms with Gasteiger partial charge in [0.1, 0.15) is 5.82 Å². The van der Waals surface area contributed by atoms with Crippen LogP contribution < -0.4 is 10.6 Å². The smallest absolute Gasteiger partial charge is 0.172 e. The van der Waals surface area contributed by atoms with Gasteiger partial charge in [0.15, 0.2) is 5.84 Å². The topological polar surface area (TPSA) is 82.1 Å². The minimum Gasteiger partial charge on any atom is -0.409 e. The van der Waals surface area contributed by atoms with Gasteiger partial charge in [0.25, 0.3) is 0 Å². The number of rotatable bonds is 7. The maximum absolute atomic E-state index is 13.3. The molecule has 6 heteroatoms. The van der Waals surface area contributed by atoms with Crippen LogP contribution in [0.5, 0.6) is 0 Å². The minimum atomic E-state index is -0.454. The summed E-state index contributed by atoms with van der Waals surface area (Å²) < 4.78 is 13.3. The fraction of sp³-hybridized carbons (Fsp3) is 0.462. The van der Waals surface area contributed by atoms with Crippen molar-refractivity contribution in [1.29, 1.82) is 0 Å². The molecule has 0 radical (unpaired) electrons. The van der Waals surface area contributed by atoms with Crippen LogP contribution in [0.2, 0.25) is 0 Å². The predicted octanol–water partition coefficient (Wildman–Crippen LogP) is 1.52. The second kappa shape index (κ2) is 7.58. The third kappa shape index (κ3) is 4.10. The highest BCUT2D eigenvalue weighted by atomic mass is 19.1. The van der Waals surface area contributed by atoms with Crippen LogP contribution in [-0.2, 0) is 0 Å². The first kappa shape index (κ1) is 15.2. The number of aliphatic hydroxyl groups is 1. The lowest BCUT2D eigenvalue weighted by Gasteiger charge is -2.26. The van der Waals surface area contributed by atoms with Crippen molar-refractivity contribution < 1.29 is 14.7 Å². The molecule has 0 unspecified atom stereocenters. The maximum atomic E-state index is 13.3. The summed E-state index contributed by atoms with van der Waals surface area (Å²) in [5.41, 5.74) is 6.55. The number of anilines is 1. The summed E-state index contributed by atoms with van der Waals surface area (Å²) in [6, 6.07) is 4.12. The van der Waals surface area contributed by atoms with E-state index in [1.54, 1.807) is 6.07 Å². The predicted molar refractivity (Wildman–Crippen MR) is 73.1 cm³/mol. The average Bonchev–Trinajstić information content (AvgIpc) is 2.42. The number of nitrogens with two attached hydrogens (primary N) is 1. The molecule has 0 saturated carbocycles. The van der Waals surface area contributed by atoms with Crippen LogP contribution in [0.3, 0.4) is 0 Å². The summed E-state index contributed by atoms with van der Waals surface area (Å²) in [5.74, 6) is -0.598. The lowest BCUT2D eigenvalue weighted by atomic mass is 10.1. The second-order valence-electron chi connectivity index (χ2n) is 4.21. The van der Waals surface area contributed by atoms with Gasteiger partial charge in [-0.25, -0.2) is 4.39 Å². The molecule has 0 aromatic heterocycles. The summed E-state index contributed by atoms with van der Waals surface area (Å²) in [6.07, 6.45) is 1.94. The average molecular weight is 269 g/mol. The van der Waals surface area contributed by atoms with Crippen LogP contribution in [0.15, 0.2) is 23.4 Å². The van der Waals surface area contributed by atoms with Crippen molar-refractivity contribution in [3.05, 3.63) is 29.6 Å². The van der Waals surface area contributed by atoms with E-state index in [9.17, 15) is 4.39 Å². The van der Waals surface area contributed by atoms with Gasteiger partial charge in [-0.15, -0.1) is 0 Å². The molecule has 0 spiro atoms. The first-order valence-electron chi connectivity index (χ1n) is 6.27. The number of hydrogen-bond acceptors (Lipinski definition) is 4. The monoisotopic (exact) mass is 269 g/mol. The molecule has 0 fully saturated rings. The van der Waals surface area contributed by atoms with Gasteiger partial charge in [0.05, 0.1) is 6.61 Å². The van der Waals surface area contributed by atoms with E-state index in [1.807, 2.05) is 4.90 Å². The first-order valence-corrected chi connectivity index (χ1v) is 6.27. The zero-order valence-electron chi connectivity index (χ0n) is 11.0. The third-order valence-electron chi connectivity index (χ3n) is 2.83. The molecule has 0 aliphatic carbocycles. The van der Waals surface area contributed by atoms with E-state index in [4.69, 9.17) is 16.0 Å². The molecule has 0 saturated heterocycles. The molecule has 0 aliphatic rings. The molecule has 5 nitrogen and oxygen atoms in total. The van der Waals surface area contributed by atoms with Gasteiger partial charge < -0.3 is 20.9 Å². The van der Waals surface area contributed by atoms with Gasteiger partial charge >= 0.3 is 0 Å². The fourth-order valence-corrected chi connectivity index (χ4v) is 1.87. The Morgan fingerprint density at radius 1 is 1.42 bits per heavy atom. The van der Waals surface area contributed by atoms with Crippen molar-refractivity contribution in [3.63, 3.8) is 0 Å². The third-order valence-corrected chi connectivity index (χ3v) is 2.83. The standard InChI is InChI=1S/C13H20FN3O2/c1-2-3-6-17(7-8-18)12-5-4-10(14)9-11(12)13(15)16-19/h4-5,9,18-19H,2-3,6-8H2,1H3,(H2,15,16). The summed E-state index contributed by atoms with van der Waals surface area (Å²) in [5, 5.41) is 20.8. The van der Waals surface area contributed by atoms with Crippen molar-refractivity contribution in [2.45, 2.75) is 19.8 Å². The normalized spacial score (nSPS) is 11.6. The summed E-state index contributed by atoms with van der Waals surface area (Å²) in [7, 11) is 0. The molecule has 106 valence electrons. The number of aliphatic hydroxyl groups excluding tert-OH is 1. The van der Waals surface area contributed by atoms with E-state index in [2.05, 4.69) is 12.1 Å². The van der Waals surface area contributed by atoms with E-state index in [-0.39, 0.29) is 12.4 Å². The zero-order valence-corrected chi connectivity index (χ0v) is 11.0. The summed E-state index contributed by atoms with van der Waals surface area (Å²) >= 11 is 0. The molecule has 19 heavy (non-hydrogen) atoms. The highest BCUT2D eigenvalue weighted by Gasteiger charge is 2.14. The number of hydrogen-bond donors (Lipinski definition) is 3. The molecule has 0 aliphatic heterocycles. The SMILES string of the molecule is CCCCN(CCO)c1ccc(F)cc1C(N)=NO. The molecule has 1 rings (SSSR count). The molecule has 0 heterocycles. The summed E-state index contributed by atoms with van der Waals surface area (Å²) in [4.78, 5) is 1.90. The molecule has 0 amide bonds. The van der Waals surface area contributed by atoms with Gasteiger partial charge in [-0.1, -0.05) is 18.5 Å². The Morgan fingerprint density at radius 3 is 2.74 bits per heavy atom. The van der Waals surface area contributed by atoms with Gasteiger partial charge in [-0.3, -0.25) is 0 Å². The molecule has 1 aromatic carbocycles. The van der Waals surface area contributed by atoms with Gasteiger partial charge in [-0.05, 0) is 24.6 Å². The van der Waals surface area contributed by atoms with Gasteiger partial charge in [0, 0.05) is 24.3 Å². The van der Waals surface area contributed by atoms with Crippen LogP contribution in [-0.4, -0.2) is 35.8 Å². The number of nitrogens with zero attached hydrogens (tertiary/aromatic N) is 2. The van der Waals surface area contributed by atoms with E-state index < -0.39 is 5.82 Å². The Balaban J connectivity index is 3.13. The Hall–Kier alpha value is -1.82. The fourth-order valence-electron chi connectivity index (χ4n) is 1.87. The van der Waals surface area contributed by atoms with E-state index in [1.165, 1.54) is 12.1 Å². The van der Waals surface area contributed by atoms with Crippen LogP contribution >= 0.6 is 0 Å². The Labute approximate surface area is 112 Å². The van der Waals surface area contributed by atoms with Crippen LogP contribution in [0.1, 0.15) is 25.3 Å². The van der Waals surface area contributed by atoms with Crippen LogP contribution in [0.4, 0.5) is 10.1 Å². The number of oxime groups is 1. The minimum absolute atomic E-state index is 0.0172. The highest BCUT2D eigenvalue weighted by molar-refractivity contribution is 6.02. The summed E-state index contributed by atoms with van der Waals surface area (Å²) in [6.45, 7) is 3.18. The lowest BCUT2D eigenvalue weighted by molar-refractivity contribution is 0.301. The Bertz CT molecular complexity index is 438. The second-order valence-corrected chi connectivity index (χ2v) is 4.21. The largest absolute Gasteiger partial charge is 0.409 e. The first-order chi connectivity index (χ1) is 9.13. The number of halogens is 1.